The van der Waals surface area contributed by atoms with Crippen LogP contribution >= 0.6 is 0 Å². The molecule has 15 heteroatoms. The van der Waals surface area contributed by atoms with Gasteiger partial charge in [-0.3, -0.25) is 0 Å². The molecule has 1 spiro atoms. The van der Waals surface area contributed by atoms with Gasteiger partial charge in [-0.2, -0.15) is 4.31 Å². The fourth-order valence-corrected chi connectivity index (χ4v) is 7.23. The number of benzene rings is 1. The fourth-order valence-electron chi connectivity index (χ4n) is 5.07. The van der Waals surface area contributed by atoms with Gasteiger partial charge in [0.2, 0.25) is 20.0 Å². The molecule has 4 heterocycles. The molecule has 2 fully saturated rings. The van der Waals surface area contributed by atoms with E-state index < -0.39 is 31.8 Å². The first-order valence-corrected chi connectivity index (χ1v) is 16.0. The molecule has 1 aromatic heterocycles. The number of nitrogens with one attached hydrogen (secondary N) is 2. The maximum absolute atomic E-state index is 13.2. The third-order valence-corrected chi connectivity index (χ3v) is 10.6. The Hall–Kier alpha value is -2.53. The summed E-state index contributed by atoms with van der Waals surface area (Å²) >= 11 is 0. The van der Waals surface area contributed by atoms with Crippen molar-refractivity contribution < 1.29 is 40.9 Å². The lowest BCUT2D eigenvalue weighted by Gasteiger charge is -2.38. The Morgan fingerprint density at radius 1 is 1.15 bits per heavy atom. The standard InChI is InChI=1S/C25H34N4O9S2/c1-26-39(31,32)21-4-2-3-20(11-21)37-17-19(30)14-27-18-13-25(38-16-18)5-7-29(8-6-25)40(33,34)22-12-23-24(28-15-22)36-10-9-35-23/h2-4,11-12,15,18-19,26-27,30H,5-10,13-14,16-17H2,1H3. The van der Waals surface area contributed by atoms with Crippen LogP contribution in [0.5, 0.6) is 17.4 Å². The fraction of sp³-hybridized carbons (Fsp3) is 0.560. The number of nitrogens with zero attached hydrogens (tertiary/aromatic N) is 2. The van der Waals surface area contributed by atoms with Gasteiger partial charge in [-0.25, -0.2) is 26.5 Å². The summed E-state index contributed by atoms with van der Waals surface area (Å²) in [5.41, 5.74) is -0.421. The Bertz CT molecular complexity index is 1410. The van der Waals surface area contributed by atoms with Gasteiger partial charge in [0.1, 0.15) is 36.6 Å². The minimum absolute atomic E-state index is 0.00361. The average Bonchev–Trinajstić information content (AvgIpc) is 3.37. The molecule has 3 aliphatic rings. The highest BCUT2D eigenvalue weighted by Crippen LogP contribution is 2.38. The molecular formula is C25H34N4O9S2. The Balaban J connectivity index is 1.08. The molecular weight excluding hydrogens is 564 g/mol. The van der Waals surface area contributed by atoms with E-state index in [9.17, 15) is 21.9 Å². The number of fused-ring (bicyclic) bond motifs is 1. The number of hydrogen-bond donors (Lipinski definition) is 3. The number of piperidine rings is 1. The molecule has 0 bridgehead atoms. The highest BCUT2D eigenvalue weighted by atomic mass is 32.2. The average molecular weight is 599 g/mol. The summed E-state index contributed by atoms with van der Waals surface area (Å²) < 4.78 is 76.7. The van der Waals surface area contributed by atoms with E-state index in [1.807, 2.05) is 0 Å². The quantitative estimate of drug-likeness (QED) is 0.340. The first-order chi connectivity index (χ1) is 19.1. The molecule has 13 nitrogen and oxygen atoms in total. The summed E-state index contributed by atoms with van der Waals surface area (Å²) in [5, 5.41) is 13.7. The summed E-state index contributed by atoms with van der Waals surface area (Å²) in [7, 11) is -6.00. The van der Waals surface area contributed by atoms with E-state index in [-0.39, 0.29) is 29.0 Å². The zero-order chi connectivity index (χ0) is 28.4. The van der Waals surface area contributed by atoms with Gasteiger partial charge in [0.15, 0.2) is 5.75 Å². The second-order valence-electron chi connectivity index (χ2n) is 10.0. The van der Waals surface area contributed by atoms with E-state index in [2.05, 4.69) is 15.0 Å². The van der Waals surface area contributed by atoms with E-state index in [0.717, 1.165) is 0 Å². The number of ether oxygens (including phenoxy) is 4. The van der Waals surface area contributed by atoms with Crippen molar-refractivity contribution in [1.82, 2.24) is 19.3 Å². The van der Waals surface area contributed by atoms with E-state index in [4.69, 9.17) is 18.9 Å². The van der Waals surface area contributed by atoms with Crippen LogP contribution in [0.3, 0.4) is 0 Å². The number of aromatic nitrogens is 1. The van der Waals surface area contributed by atoms with Crippen molar-refractivity contribution in [1.29, 1.82) is 0 Å². The van der Waals surface area contributed by atoms with Crippen LogP contribution in [0.15, 0.2) is 46.3 Å². The number of aliphatic hydroxyl groups is 1. The molecule has 5 rings (SSSR count). The molecule has 0 aliphatic carbocycles. The van der Waals surface area contributed by atoms with Gasteiger partial charge in [-0.05, 0) is 38.4 Å². The van der Waals surface area contributed by atoms with Gasteiger partial charge in [0, 0.05) is 37.8 Å². The lowest BCUT2D eigenvalue weighted by molar-refractivity contribution is -0.0312. The number of hydrogen-bond acceptors (Lipinski definition) is 11. The molecule has 1 aromatic carbocycles. The third-order valence-electron chi connectivity index (χ3n) is 7.32. The van der Waals surface area contributed by atoms with Gasteiger partial charge >= 0.3 is 0 Å². The smallest absolute Gasteiger partial charge is 0.257 e. The Morgan fingerprint density at radius 2 is 1.93 bits per heavy atom. The van der Waals surface area contributed by atoms with Crippen LogP contribution in [0.4, 0.5) is 0 Å². The Kier molecular flexibility index (Phi) is 8.52. The Labute approximate surface area is 233 Å². The van der Waals surface area contributed by atoms with Crippen molar-refractivity contribution >= 4 is 20.0 Å². The predicted molar refractivity (Wildman–Crippen MR) is 142 cm³/mol. The van der Waals surface area contributed by atoms with E-state index in [0.29, 0.717) is 69.6 Å². The highest BCUT2D eigenvalue weighted by Gasteiger charge is 2.45. The molecule has 0 saturated carbocycles. The minimum Gasteiger partial charge on any atom is -0.491 e. The van der Waals surface area contributed by atoms with Crippen molar-refractivity contribution in [3.05, 3.63) is 36.5 Å². The van der Waals surface area contributed by atoms with Crippen LogP contribution in [0.25, 0.3) is 0 Å². The zero-order valence-corrected chi connectivity index (χ0v) is 23.7. The van der Waals surface area contributed by atoms with Crippen molar-refractivity contribution in [3.63, 3.8) is 0 Å². The summed E-state index contributed by atoms with van der Waals surface area (Å²) in [5.74, 6) is 0.968. The molecule has 2 saturated heterocycles. The molecule has 3 N–H and O–H groups in total. The number of rotatable bonds is 10. The molecule has 0 amide bonds. The van der Waals surface area contributed by atoms with E-state index >= 15 is 0 Å². The topological polar surface area (TPSA) is 166 Å². The second kappa shape index (κ2) is 11.8. The highest BCUT2D eigenvalue weighted by molar-refractivity contribution is 7.89. The maximum atomic E-state index is 13.2. The first kappa shape index (κ1) is 29.0. The molecule has 3 aliphatic heterocycles. The minimum atomic E-state index is -3.74. The predicted octanol–water partition coefficient (Wildman–Crippen LogP) is 0.103. The van der Waals surface area contributed by atoms with Crippen LogP contribution in [0.2, 0.25) is 0 Å². The molecule has 2 aromatic rings. The maximum Gasteiger partial charge on any atom is 0.257 e. The molecule has 2 unspecified atom stereocenters. The number of aliphatic hydroxyl groups excluding tert-OH is 1. The summed E-state index contributed by atoms with van der Waals surface area (Å²) in [4.78, 5) is 4.26. The summed E-state index contributed by atoms with van der Waals surface area (Å²) in [6.45, 7) is 2.06. The lowest BCUT2D eigenvalue weighted by Crippen LogP contribution is -2.47. The summed E-state index contributed by atoms with van der Waals surface area (Å²) in [6, 6.07) is 7.52. The van der Waals surface area contributed by atoms with Crippen molar-refractivity contribution in [2.45, 2.75) is 46.8 Å². The number of sulfonamides is 2. The van der Waals surface area contributed by atoms with Crippen LogP contribution < -0.4 is 24.2 Å². The van der Waals surface area contributed by atoms with Gasteiger partial charge < -0.3 is 29.4 Å². The van der Waals surface area contributed by atoms with Gasteiger partial charge in [-0.15, -0.1) is 0 Å². The number of pyridine rings is 1. The van der Waals surface area contributed by atoms with Crippen LogP contribution in [-0.2, 0) is 24.8 Å². The van der Waals surface area contributed by atoms with Gasteiger partial charge in [0.25, 0.3) is 5.88 Å². The van der Waals surface area contributed by atoms with E-state index in [1.54, 1.807) is 12.1 Å². The normalized spacial score (nSPS) is 21.8. The third kappa shape index (κ3) is 6.35. The lowest BCUT2D eigenvalue weighted by atomic mass is 9.88. The van der Waals surface area contributed by atoms with Crippen LogP contribution in [0.1, 0.15) is 19.3 Å². The molecule has 2 atom stereocenters. The Morgan fingerprint density at radius 3 is 2.70 bits per heavy atom. The van der Waals surface area contributed by atoms with Crippen molar-refractivity contribution in [2.24, 2.45) is 0 Å². The van der Waals surface area contributed by atoms with Crippen molar-refractivity contribution in [2.75, 3.05) is 53.1 Å². The van der Waals surface area contributed by atoms with Crippen LogP contribution in [-0.4, -0.2) is 102 Å². The van der Waals surface area contributed by atoms with Crippen molar-refractivity contribution in [3.8, 4) is 17.4 Å². The van der Waals surface area contributed by atoms with E-state index in [1.165, 1.54) is 35.7 Å². The monoisotopic (exact) mass is 598 g/mol. The SMILES string of the molecule is CNS(=O)(=O)c1cccc(OCC(O)CNC2COC3(CCN(S(=O)(=O)c4cnc5c(c4)OCCO5)CC3)C2)c1. The molecule has 0 radical (unpaired) electrons. The largest absolute Gasteiger partial charge is 0.491 e. The second-order valence-corrected chi connectivity index (χ2v) is 13.9. The van der Waals surface area contributed by atoms with Gasteiger partial charge in [0.05, 0.1) is 23.3 Å². The zero-order valence-electron chi connectivity index (χ0n) is 22.1. The summed E-state index contributed by atoms with van der Waals surface area (Å²) in [6.07, 6.45) is 2.28. The first-order valence-electron chi connectivity index (χ1n) is 13.1. The molecule has 40 heavy (non-hydrogen) atoms. The molecule has 220 valence electrons. The van der Waals surface area contributed by atoms with Crippen LogP contribution in [0, 0.1) is 0 Å². The van der Waals surface area contributed by atoms with Gasteiger partial charge in [-0.1, -0.05) is 6.07 Å².